The molecule has 0 bridgehead atoms. The Hall–Kier alpha value is 1.84. The van der Waals surface area contributed by atoms with Crippen LogP contribution in [0.1, 0.15) is 0 Å². The van der Waals surface area contributed by atoms with E-state index >= 15 is 0 Å². The molecule has 0 N–H and O–H groups in total. The predicted molar refractivity (Wildman–Crippen MR) is 47.7 cm³/mol. The van der Waals surface area contributed by atoms with Crippen molar-refractivity contribution in [2.24, 2.45) is 0 Å². The van der Waals surface area contributed by atoms with Crippen LogP contribution in [0.3, 0.4) is 0 Å². The maximum Gasteiger partial charge on any atom is 0.0180 e. The van der Waals surface area contributed by atoms with E-state index in [0.717, 1.165) is 9.83 Å². The van der Waals surface area contributed by atoms with Gasteiger partial charge in [-0.05, 0) is 32.2 Å². The van der Waals surface area contributed by atoms with Crippen molar-refractivity contribution in [2.45, 2.75) is 0 Å². The molecule has 0 aromatic heterocycles. The molecule has 0 fully saturated rings. The fraction of sp³-hybridized carbons (Fsp3) is 0. The molecular weight excluding hydrogens is 192 g/mol. The van der Waals surface area contributed by atoms with Gasteiger partial charge in [0.1, 0.15) is 0 Å². The highest BCUT2D eigenvalue weighted by Crippen LogP contribution is 2.20. The van der Waals surface area contributed by atoms with Crippen molar-refractivity contribution < 1.29 is 0 Å². The molecule has 0 amide bonds. The summed E-state index contributed by atoms with van der Waals surface area (Å²) < 4.78 is 0. The van der Waals surface area contributed by atoms with Gasteiger partial charge >= 0.3 is 0 Å². The monoisotopic (exact) mass is 194 g/mol. The van der Waals surface area contributed by atoms with Crippen molar-refractivity contribution in [1.29, 1.82) is 0 Å². The van der Waals surface area contributed by atoms with Gasteiger partial charge < -0.3 is 0 Å². The molecule has 0 aliphatic heterocycles. The van der Waals surface area contributed by atoms with Crippen LogP contribution in [0.4, 0.5) is 0 Å². The third-order valence-electron chi connectivity index (χ3n) is 0.0942. The van der Waals surface area contributed by atoms with Crippen molar-refractivity contribution in [3.8, 4) is 0 Å². The summed E-state index contributed by atoms with van der Waals surface area (Å²) in [6.07, 6.45) is 0. The molecule has 6 heavy (non-hydrogen) atoms. The Morgan fingerprint density at radius 3 is 1.67 bits per heavy atom. The zero-order valence-corrected chi connectivity index (χ0v) is 7.58. The average molecular weight is 194 g/mol. The van der Waals surface area contributed by atoms with Crippen LogP contribution in [0.5, 0.6) is 0 Å². The van der Waals surface area contributed by atoms with Crippen LogP contribution >= 0.6 is 33.1 Å². The molecule has 0 aliphatic carbocycles. The fourth-order valence-electron chi connectivity index (χ4n) is 0. The van der Waals surface area contributed by atoms with E-state index < -0.39 is 5.21 Å². The normalized spacial score (nSPS) is 11.7. The Morgan fingerprint density at radius 1 is 1.50 bits per heavy atom. The minimum Gasteiger partial charge on any atom is -0.0984 e. The molecule has 0 aliphatic rings. The lowest BCUT2D eigenvalue weighted by atomic mass is 30.2. The van der Waals surface area contributed by atoms with E-state index in [4.69, 9.17) is 0 Å². The highest BCUT2D eigenvalue weighted by Gasteiger charge is 1.83. The van der Waals surface area contributed by atoms with Crippen molar-refractivity contribution in [1.82, 2.24) is 0 Å². The van der Waals surface area contributed by atoms with E-state index in [-0.39, 0.29) is 0 Å². The number of rotatable bonds is 1. The van der Waals surface area contributed by atoms with Gasteiger partial charge in [0, 0.05) is 5.21 Å². The quantitative estimate of drug-likeness (QED) is 0.479. The van der Waals surface area contributed by atoms with Crippen LogP contribution in [0.25, 0.3) is 0 Å². The molecule has 0 saturated heterocycles. The minimum absolute atomic E-state index is 1.15. The van der Waals surface area contributed by atoms with Gasteiger partial charge in [-0.25, -0.2) is 0 Å². The summed E-state index contributed by atoms with van der Waals surface area (Å²) in [6, 6.07) is 0. The van der Waals surface area contributed by atoms with Gasteiger partial charge in [-0.1, -0.05) is 23.3 Å². The Balaban J connectivity index is 3.85. The standard InChI is InChI=1S/H2S6/c1-5-6(2,3)4/h1H,(H,2,3,4). The second-order valence-electron chi connectivity index (χ2n) is 0.502. The van der Waals surface area contributed by atoms with Crippen LogP contribution in [-0.2, 0) is 27.6 Å². The molecule has 38 valence electrons. The minimum atomic E-state index is -1.52. The first kappa shape index (κ1) is 7.84. The zero-order valence-electron chi connectivity index (χ0n) is 2.53. The largest absolute Gasteiger partial charge is 0.0984 e. The second kappa shape index (κ2) is 2.99. The van der Waals surface area contributed by atoms with Gasteiger partial charge in [-0.2, -0.15) is 0 Å². The van der Waals surface area contributed by atoms with E-state index in [2.05, 4.69) is 45.7 Å². The first-order chi connectivity index (χ1) is 2.56. The summed E-state index contributed by atoms with van der Waals surface area (Å²) in [6.45, 7) is 0. The summed E-state index contributed by atoms with van der Waals surface area (Å²) in [5, 5.41) is -1.52. The highest BCUT2D eigenvalue weighted by atomic mass is 33.9. The van der Waals surface area contributed by atoms with Gasteiger partial charge in [0.2, 0.25) is 0 Å². The molecule has 0 nitrogen and oxygen atoms in total. The summed E-state index contributed by atoms with van der Waals surface area (Å²) in [5.74, 6) is 0. The SMILES string of the molecule is S=S(=S)(S)SS. The summed E-state index contributed by atoms with van der Waals surface area (Å²) in [5.41, 5.74) is 0. The fourth-order valence-corrected chi connectivity index (χ4v) is 0. The smallest absolute Gasteiger partial charge is 0.0180 e. The second-order valence-corrected chi connectivity index (χ2v) is 13.6. The Labute approximate surface area is 60.3 Å². The molecular formula is H2S6. The van der Waals surface area contributed by atoms with Crippen molar-refractivity contribution in [3.05, 3.63) is 0 Å². The van der Waals surface area contributed by atoms with E-state index in [1.54, 1.807) is 0 Å². The molecule has 0 saturated carbocycles. The van der Waals surface area contributed by atoms with Gasteiger partial charge in [-0.3, -0.25) is 0 Å². The predicted octanol–water partition coefficient (Wildman–Crippen LogP) is 1.40. The maximum atomic E-state index is 4.64. The van der Waals surface area contributed by atoms with E-state index in [1.165, 1.54) is 0 Å². The molecule has 0 heterocycles. The van der Waals surface area contributed by atoms with Gasteiger partial charge in [0.05, 0.1) is 0 Å². The van der Waals surface area contributed by atoms with Gasteiger partial charge in [0.15, 0.2) is 0 Å². The summed E-state index contributed by atoms with van der Waals surface area (Å²) in [7, 11) is 1.15. The molecule has 6 heteroatoms. The first-order valence-electron chi connectivity index (χ1n) is 0.865. The molecule has 0 atom stereocenters. The third-order valence-corrected chi connectivity index (χ3v) is 7.63. The summed E-state index contributed by atoms with van der Waals surface area (Å²) in [4.78, 5) is 0. The lowest BCUT2D eigenvalue weighted by molar-refractivity contribution is 5.61. The van der Waals surface area contributed by atoms with E-state index in [1.807, 2.05) is 0 Å². The molecule has 0 rings (SSSR count). The van der Waals surface area contributed by atoms with E-state index in [0.29, 0.717) is 0 Å². The third kappa shape index (κ3) is 5.84. The van der Waals surface area contributed by atoms with Crippen molar-refractivity contribution in [2.75, 3.05) is 0 Å². The van der Waals surface area contributed by atoms with Gasteiger partial charge in [-0.15, -0.1) is 0 Å². The van der Waals surface area contributed by atoms with Gasteiger partial charge in [0.25, 0.3) is 0 Å². The van der Waals surface area contributed by atoms with Crippen LogP contribution in [0.15, 0.2) is 0 Å². The number of thiol groups is 2. The highest BCUT2D eigenvalue weighted by molar-refractivity contribution is 9.32. The lowest BCUT2D eigenvalue weighted by Crippen LogP contribution is -1.61. The molecule has 0 aromatic carbocycles. The van der Waals surface area contributed by atoms with Crippen LogP contribution in [-0.4, -0.2) is 0 Å². The average Bonchev–Trinajstić information content (AvgIpc) is 1.35. The van der Waals surface area contributed by atoms with Crippen LogP contribution in [0, 0.1) is 0 Å². The molecule has 0 unspecified atom stereocenters. The molecule has 0 aromatic rings. The first-order valence-corrected chi connectivity index (χ1v) is 7.79. The van der Waals surface area contributed by atoms with Crippen LogP contribution in [0.2, 0.25) is 0 Å². The topological polar surface area (TPSA) is 0 Å². The lowest BCUT2D eigenvalue weighted by Gasteiger charge is -1.86. The van der Waals surface area contributed by atoms with Crippen molar-refractivity contribution in [3.63, 3.8) is 0 Å². The van der Waals surface area contributed by atoms with Crippen LogP contribution < -0.4 is 0 Å². The molecule has 0 radical (unpaired) electrons. The zero-order chi connectivity index (χ0) is 5.21. The summed E-state index contributed by atoms with van der Waals surface area (Å²) >= 11 is 16.9. The Kier molecular flexibility index (Phi) is 3.90. The number of hydrogen-bond donors (Lipinski definition) is 2. The molecule has 0 spiro atoms. The van der Waals surface area contributed by atoms with E-state index in [9.17, 15) is 0 Å². The number of hydrogen-bond acceptors (Lipinski definition) is 4. The maximum absolute atomic E-state index is 4.64. The Morgan fingerprint density at radius 2 is 1.67 bits per heavy atom. The Bertz CT molecular complexity index is 102. The van der Waals surface area contributed by atoms with Crippen molar-refractivity contribution >= 4 is 60.7 Å².